The normalized spacial score (nSPS) is 15.9. The van der Waals surface area contributed by atoms with Crippen molar-refractivity contribution in [2.24, 2.45) is 0 Å². The first-order chi connectivity index (χ1) is 13.2. The number of aliphatic hydroxyl groups excluding tert-OH is 2. The molecule has 0 spiro atoms. The fourth-order valence-corrected chi connectivity index (χ4v) is 2.91. The number of ether oxygens (including phenoxy) is 2. The van der Waals surface area contributed by atoms with Crippen LogP contribution in [0.1, 0.15) is 0 Å². The summed E-state index contributed by atoms with van der Waals surface area (Å²) >= 11 is 0. The average molecular weight is 371 g/mol. The van der Waals surface area contributed by atoms with Crippen LogP contribution in [0.5, 0.6) is 6.01 Å². The SMILES string of the molecule is OCC(O)COc1nc(N2CCOCC2)cc(-n2ncc3ccccc32)n1. The van der Waals surface area contributed by atoms with Crippen LogP contribution in [0.15, 0.2) is 36.5 Å². The van der Waals surface area contributed by atoms with Gasteiger partial charge in [-0.3, -0.25) is 0 Å². The van der Waals surface area contributed by atoms with Crippen LogP contribution in [0, 0.1) is 0 Å². The summed E-state index contributed by atoms with van der Waals surface area (Å²) in [4.78, 5) is 11.0. The van der Waals surface area contributed by atoms with Gasteiger partial charge in [0.2, 0.25) is 0 Å². The minimum Gasteiger partial charge on any atom is -0.461 e. The summed E-state index contributed by atoms with van der Waals surface area (Å²) in [6.07, 6.45) is 0.789. The Labute approximate surface area is 155 Å². The number of hydrogen-bond donors (Lipinski definition) is 2. The van der Waals surface area contributed by atoms with Crippen molar-refractivity contribution in [2.45, 2.75) is 6.10 Å². The lowest BCUT2D eigenvalue weighted by atomic mass is 10.2. The van der Waals surface area contributed by atoms with E-state index in [1.54, 1.807) is 10.9 Å². The zero-order valence-electron chi connectivity index (χ0n) is 14.7. The third-order valence-corrected chi connectivity index (χ3v) is 4.32. The molecular weight excluding hydrogens is 350 g/mol. The second-order valence-corrected chi connectivity index (χ2v) is 6.23. The molecule has 3 heterocycles. The van der Waals surface area contributed by atoms with Crippen LogP contribution < -0.4 is 9.64 Å². The Balaban J connectivity index is 1.72. The van der Waals surface area contributed by atoms with Gasteiger partial charge in [0.1, 0.15) is 18.5 Å². The highest BCUT2D eigenvalue weighted by Gasteiger charge is 2.18. The molecule has 1 fully saturated rings. The van der Waals surface area contributed by atoms with E-state index in [9.17, 15) is 5.11 Å². The Bertz CT molecular complexity index is 910. The molecule has 0 bridgehead atoms. The third kappa shape index (κ3) is 3.85. The molecule has 1 saturated heterocycles. The maximum Gasteiger partial charge on any atom is 0.320 e. The van der Waals surface area contributed by atoms with E-state index in [1.165, 1.54) is 0 Å². The van der Waals surface area contributed by atoms with Crippen LogP contribution >= 0.6 is 0 Å². The van der Waals surface area contributed by atoms with Crippen molar-refractivity contribution in [2.75, 3.05) is 44.4 Å². The van der Waals surface area contributed by atoms with E-state index in [4.69, 9.17) is 14.6 Å². The Morgan fingerprint density at radius 2 is 1.93 bits per heavy atom. The molecule has 0 saturated carbocycles. The van der Waals surface area contributed by atoms with Gasteiger partial charge in [0.15, 0.2) is 5.82 Å². The van der Waals surface area contributed by atoms with E-state index < -0.39 is 6.10 Å². The molecule has 9 nitrogen and oxygen atoms in total. The number of aromatic nitrogens is 4. The number of para-hydroxylation sites is 1. The number of aliphatic hydroxyl groups is 2. The van der Waals surface area contributed by atoms with Crippen LogP contribution in [0.2, 0.25) is 0 Å². The van der Waals surface area contributed by atoms with Crippen LogP contribution in [0.4, 0.5) is 5.82 Å². The van der Waals surface area contributed by atoms with E-state index in [2.05, 4.69) is 20.0 Å². The second kappa shape index (κ2) is 7.87. The van der Waals surface area contributed by atoms with Gasteiger partial charge in [-0.1, -0.05) is 18.2 Å². The van der Waals surface area contributed by atoms with Gasteiger partial charge in [-0.05, 0) is 6.07 Å². The summed E-state index contributed by atoms with van der Waals surface area (Å²) in [5.74, 6) is 1.28. The van der Waals surface area contributed by atoms with Gasteiger partial charge in [0.25, 0.3) is 0 Å². The molecule has 0 radical (unpaired) electrons. The quantitative estimate of drug-likeness (QED) is 0.641. The predicted molar refractivity (Wildman–Crippen MR) is 98.3 cm³/mol. The number of benzene rings is 1. The Morgan fingerprint density at radius 3 is 2.74 bits per heavy atom. The van der Waals surface area contributed by atoms with Gasteiger partial charge in [0.05, 0.1) is 31.5 Å². The lowest BCUT2D eigenvalue weighted by molar-refractivity contribution is 0.0504. The first kappa shape index (κ1) is 17.7. The molecule has 1 atom stereocenters. The molecule has 1 unspecified atom stereocenters. The van der Waals surface area contributed by atoms with Gasteiger partial charge in [-0.15, -0.1) is 0 Å². The van der Waals surface area contributed by atoms with E-state index >= 15 is 0 Å². The number of hydrogen-bond acceptors (Lipinski definition) is 8. The van der Waals surface area contributed by atoms with Crippen molar-refractivity contribution < 1.29 is 19.7 Å². The molecule has 3 aromatic rings. The van der Waals surface area contributed by atoms with Crippen molar-refractivity contribution >= 4 is 16.7 Å². The Kier molecular flexibility index (Phi) is 5.14. The average Bonchev–Trinajstić information content (AvgIpc) is 3.16. The minimum atomic E-state index is -0.991. The summed E-state index contributed by atoms with van der Waals surface area (Å²) in [7, 11) is 0. The van der Waals surface area contributed by atoms with Crippen molar-refractivity contribution in [3.05, 3.63) is 36.5 Å². The van der Waals surface area contributed by atoms with E-state index in [0.29, 0.717) is 24.8 Å². The van der Waals surface area contributed by atoms with Crippen LogP contribution in [0.25, 0.3) is 16.7 Å². The number of nitrogens with zero attached hydrogens (tertiary/aromatic N) is 5. The van der Waals surface area contributed by atoms with Gasteiger partial charge in [-0.25, -0.2) is 4.68 Å². The van der Waals surface area contributed by atoms with Crippen molar-refractivity contribution in [1.82, 2.24) is 19.7 Å². The Hall–Kier alpha value is -2.75. The molecule has 1 aliphatic rings. The number of fused-ring (bicyclic) bond motifs is 1. The van der Waals surface area contributed by atoms with Gasteiger partial charge < -0.3 is 24.6 Å². The smallest absolute Gasteiger partial charge is 0.320 e. The minimum absolute atomic E-state index is 0.0949. The number of anilines is 1. The molecule has 2 N–H and O–H groups in total. The molecule has 1 aliphatic heterocycles. The topological polar surface area (TPSA) is 106 Å². The number of rotatable bonds is 6. The standard InChI is InChI=1S/C18H21N5O4/c24-11-14(25)12-27-18-20-16(22-5-7-26-8-6-22)9-17(21-18)23-15-4-2-1-3-13(15)10-19-23/h1-4,9-10,14,24-25H,5-8,11-12H2. The first-order valence-electron chi connectivity index (χ1n) is 8.81. The third-order valence-electron chi connectivity index (χ3n) is 4.32. The Morgan fingerprint density at radius 1 is 1.15 bits per heavy atom. The highest BCUT2D eigenvalue weighted by Crippen LogP contribution is 2.23. The van der Waals surface area contributed by atoms with Crippen LogP contribution in [-0.4, -0.2) is 75.6 Å². The maximum atomic E-state index is 9.56. The van der Waals surface area contributed by atoms with Crippen molar-refractivity contribution in [1.29, 1.82) is 0 Å². The molecule has 0 amide bonds. The molecular formula is C18H21N5O4. The zero-order chi connectivity index (χ0) is 18.6. The largest absolute Gasteiger partial charge is 0.461 e. The highest BCUT2D eigenvalue weighted by atomic mass is 16.5. The molecule has 2 aromatic heterocycles. The predicted octanol–water partition coefficient (Wildman–Crippen LogP) is 0.384. The van der Waals surface area contributed by atoms with E-state index in [0.717, 1.165) is 24.0 Å². The molecule has 142 valence electrons. The van der Waals surface area contributed by atoms with Crippen LogP contribution in [-0.2, 0) is 4.74 Å². The number of morpholine rings is 1. The summed E-state index contributed by atoms with van der Waals surface area (Å²) < 4.78 is 12.7. The fourth-order valence-electron chi connectivity index (χ4n) is 2.91. The summed E-state index contributed by atoms with van der Waals surface area (Å²) in [6.45, 7) is 2.21. The first-order valence-corrected chi connectivity index (χ1v) is 8.81. The fraction of sp³-hybridized carbons (Fsp3) is 0.389. The highest BCUT2D eigenvalue weighted by molar-refractivity contribution is 5.79. The zero-order valence-corrected chi connectivity index (χ0v) is 14.7. The summed E-state index contributed by atoms with van der Waals surface area (Å²) in [6, 6.07) is 9.84. The lowest BCUT2D eigenvalue weighted by Gasteiger charge is -2.28. The van der Waals surface area contributed by atoms with E-state index in [1.807, 2.05) is 30.3 Å². The monoisotopic (exact) mass is 371 g/mol. The lowest BCUT2D eigenvalue weighted by Crippen LogP contribution is -2.37. The maximum absolute atomic E-state index is 9.56. The molecule has 0 aliphatic carbocycles. The van der Waals surface area contributed by atoms with Gasteiger partial charge >= 0.3 is 6.01 Å². The summed E-state index contributed by atoms with van der Waals surface area (Å²) in [5.41, 5.74) is 0.922. The second-order valence-electron chi connectivity index (χ2n) is 6.23. The van der Waals surface area contributed by atoms with Gasteiger partial charge in [0, 0.05) is 24.5 Å². The van der Waals surface area contributed by atoms with Crippen molar-refractivity contribution in [3.63, 3.8) is 0 Å². The molecule has 4 rings (SSSR count). The van der Waals surface area contributed by atoms with Gasteiger partial charge in [-0.2, -0.15) is 15.1 Å². The molecule has 1 aromatic carbocycles. The molecule has 9 heteroatoms. The van der Waals surface area contributed by atoms with Crippen LogP contribution in [0.3, 0.4) is 0 Å². The van der Waals surface area contributed by atoms with E-state index in [-0.39, 0.29) is 19.2 Å². The van der Waals surface area contributed by atoms with Crippen molar-refractivity contribution in [3.8, 4) is 11.8 Å². The summed E-state index contributed by atoms with van der Waals surface area (Å²) in [5, 5.41) is 24.0. The molecule has 27 heavy (non-hydrogen) atoms.